The Balaban J connectivity index is 2.15. The Morgan fingerprint density at radius 1 is 1.83 bits per heavy atom. The number of carbonyl (C=O) groups excluding carboxylic acids is 1. The van der Waals surface area contributed by atoms with Crippen molar-refractivity contribution in [2.24, 2.45) is 4.99 Å². The van der Waals surface area contributed by atoms with Gasteiger partial charge in [-0.15, -0.1) is 11.3 Å². The average molecular weight is 267 g/mol. The summed E-state index contributed by atoms with van der Waals surface area (Å²) in [6.07, 6.45) is 1.54. The molecule has 0 aliphatic carbocycles. The van der Waals surface area contributed by atoms with Gasteiger partial charge in [-0.25, -0.2) is 4.98 Å². The highest BCUT2D eigenvalue weighted by atomic mass is 32.1. The molecule has 6 nitrogen and oxygen atoms in total. The summed E-state index contributed by atoms with van der Waals surface area (Å²) in [4.78, 5) is 22.7. The molecule has 18 heavy (non-hydrogen) atoms. The summed E-state index contributed by atoms with van der Waals surface area (Å²) in [5.41, 5.74) is 2.76. The van der Waals surface area contributed by atoms with Gasteiger partial charge in [-0.2, -0.15) is 4.99 Å². The van der Waals surface area contributed by atoms with Gasteiger partial charge in [-0.1, -0.05) is 0 Å². The van der Waals surface area contributed by atoms with E-state index in [-0.39, 0.29) is 24.2 Å². The minimum Gasteiger partial charge on any atom is -0.584 e. The summed E-state index contributed by atoms with van der Waals surface area (Å²) in [6.45, 7) is 2.58. The molecule has 7 heteroatoms. The Morgan fingerprint density at radius 3 is 3.33 bits per heavy atom. The smallest absolute Gasteiger partial charge is 0.320 e. The van der Waals surface area contributed by atoms with Crippen LogP contribution in [0.1, 0.15) is 23.4 Å². The SMILES string of the molecule is CC1C(=O)N(CC(=N)N=C[OH2+])CCc2ncsc21. The highest BCUT2D eigenvalue weighted by Gasteiger charge is 2.29. The summed E-state index contributed by atoms with van der Waals surface area (Å²) in [6, 6.07) is 0. The minimum absolute atomic E-state index is 0.00271. The highest BCUT2D eigenvalue weighted by Crippen LogP contribution is 2.28. The topological polar surface area (TPSA) is 92.3 Å². The molecule has 0 radical (unpaired) electrons. The van der Waals surface area contributed by atoms with Crippen molar-refractivity contribution in [3.05, 3.63) is 16.1 Å². The standard InChI is InChI=1S/C11H14N4O2S/c1-7-10-8(14-6-18-10)2-3-15(11(7)17)4-9(12)13-5-16/h5-7H,2-4H2,1H3,(H2,12,13,16)/p+1. The Labute approximate surface area is 109 Å². The fourth-order valence-electron chi connectivity index (χ4n) is 2.01. The maximum atomic E-state index is 12.3. The fourth-order valence-corrected chi connectivity index (χ4v) is 2.90. The van der Waals surface area contributed by atoms with E-state index < -0.39 is 0 Å². The molecule has 0 aromatic carbocycles. The zero-order chi connectivity index (χ0) is 13.1. The van der Waals surface area contributed by atoms with Crippen LogP contribution in [0.4, 0.5) is 0 Å². The number of amides is 1. The van der Waals surface area contributed by atoms with Crippen LogP contribution >= 0.6 is 11.3 Å². The number of aliphatic imine (C=N–C) groups is 1. The first-order valence-electron chi connectivity index (χ1n) is 5.61. The van der Waals surface area contributed by atoms with Crippen molar-refractivity contribution in [3.8, 4) is 0 Å². The van der Waals surface area contributed by atoms with Gasteiger partial charge in [-0.05, 0) is 6.92 Å². The molecular formula is C11H15N4O2S+. The summed E-state index contributed by atoms with van der Waals surface area (Å²) >= 11 is 1.51. The molecule has 1 aromatic rings. The van der Waals surface area contributed by atoms with Gasteiger partial charge < -0.3 is 10.0 Å². The third-order valence-corrected chi connectivity index (χ3v) is 3.98. The number of fused-ring (bicyclic) bond motifs is 1. The van der Waals surface area contributed by atoms with Crippen molar-refractivity contribution in [2.45, 2.75) is 19.3 Å². The maximum Gasteiger partial charge on any atom is 0.320 e. The predicted molar refractivity (Wildman–Crippen MR) is 70.6 cm³/mol. The first-order valence-corrected chi connectivity index (χ1v) is 6.49. The van der Waals surface area contributed by atoms with Crippen LogP contribution < -0.4 is 0 Å². The Bertz CT molecular complexity index is 497. The molecule has 0 fully saturated rings. The van der Waals surface area contributed by atoms with Crippen molar-refractivity contribution >= 4 is 29.5 Å². The van der Waals surface area contributed by atoms with Crippen LogP contribution in [-0.2, 0) is 11.2 Å². The lowest BCUT2D eigenvalue weighted by molar-refractivity contribution is -0.131. The summed E-state index contributed by atoms with van der Waals surface area (Å²) in [5.74, 6) is -0.172. The van der Waals surface area contributed by atoms with Crippen LogP contribution in [0, 0.1) is 5.41 Å². The number of thiazole rings is 1. The molecule has 1 amide bonds. The van der Waals surface area contributed by atoms with Gasteiger partial charge in [-0.3, -0.25) is 10.2 Å². The predicted octanol–water partition coefficient (Wildman–Crippen LogP) is 0.361. The summed E-state index contributed by atoms with van der Waals surface area (Å²) in [7, 11) is 0. The monoisotopic (exact) mass is 267 g/mol. The Hall–Kier alpha value is -1.76. The van der Waals surface area contributed by atoms with Crippen molar-refractivity contribution < 1.29 is 9.90 Å². The number of aromatic nitrogens is 1. The van der Waals surface area contributed by atoms with Gasteiger partial charge in [0.2, 0.25) is 5.91 Å². The highest BCUT2D eigenvalue weighted by molar-refractivity contribution is 7.10. The van der Waals surface area contributed by atoms with Gasteiger partial charge in [0.25, 0.3) is 0 Å². The number of amidine groups is 1. The second-order valence-electron chi connectivity index (χ2n) is 4.10. The second kappa shape index (κ2) is 5.26. The van der Waals surface area contributed by atoms with E-state index in [1.807, 2.05) is 6.92 Å². The molecule has 96 valence electrons. The van der Waals surface area contributed by atoms with Gasteiger partial charge in [0.15, 0.2) is 0 Å². The number of hydrogen-bond donors (Lipinski definition) is 1. The molecule has 2 rings (SSSR count). The normalized spacial score (nSPS) is 19.9. The largest absolute Gasteiger partial charge is 0.584 e. The lowest BCUT2D eigenvalue weighted by Gasteiger charge is -2.21. The van der Waals surface area contributed by atoms with Crippen LogP contribution in [0.15, 0.2) is 10.5 Å². The molecular weight excluding hydrogens is 252 g/mol. The molecule has 0 spiro atoms. The quantitative estimate of drug-likeness (QED) is 0.476. The van der Waals surface area contributed by atoms with Crippen LogP contribution in [0.25, 0.3) is 0 Å². The first-order chi connectivity index (χ1) is 8.63. The van der Waals surface area contributed by atoms with E-state index in [9.17, 15) is 4.79 Å². The van der Waals surface area contributed by atoms with E-state index in [0.29, 0.717) is 13.0 Å². The number of carbonyl (C=O) groups is 1. The molecule has 1 atom stereocenters. The van der Waals surface area contributed by atoms with Crippen LogP contribution in [0.2, 0.25) is 0 Å². The zero-order valence-electron chi connectivity index (χ0n) is 10.0. The number of nitrogens with one attached hydrogen (secondary N) is 1. The Kier molecular flexibility index (Phi) is 3.71. The molecule has 1 aliphatic rings. The third kappa shape index (κ3) is 2.40. The van der Waals surface area contributed by atoms with E-state index in [1.54, 1.807) is 10.4 Å². The molecule has 2 heterocycles. The zero-order valence-corrected chi connectivity index (χ0v) is 10.8. The average Bonchev–Trinajstić information content (AvgIpc) is 2.77. The third-order valence-electron chi connectivity index (χ3n) is 2.93. The molecule has 1 aromatic heterocycles. The molecule has 0 bridgehead atoms. The van der Waals surface area contributed by atoms with Gasteiger partial charge >= 0.3 is 6.40 Å². The summed E-state index contributed by atoms with van der Waals surface area (Å²) < 4.78 is 0. The molecule has 1 unspecified atom stereocenters. The fraction of sp³-hybridized carbons (Fsp3) is 0.455. The second-order valence-corrected chi connectivity index (χ2v) is 4.99. The molecule has 3 N–H and O–H groups in total. The van der Waals surface area contributed by atoms with E-state index in [4.69, 9.17) is 10.5 Å². The number of nitrogens with zero attached hydrogens (tertiary/aromatic N) is 3. The van der Waals surface area contributed by atoms with Gasteiger partial charge in [0.1, 0.15) is 5.84 Å². The Morgan fingerprint density at radius 2 is 2.61 bits per heavy atom. The van der Waals surface area contributed by atoms with E-state index in [0.717, 1.165) is 17.0 Å². The number of rotatable bonds is 2. The maximum absolute atomic E-state index is 12.3. The van der Waals surface area contributed by atoms with Crippen LogP contribution in [0.3, 0.4) is 0 Å². The van der Waals surface area contributed by atoms with E-state index >= 15 is 0 Å². The van der Waals surface area contributed by atoms with E-state index in [2.05, 4.69) is 9.98 Å². The number of hydrogen-bond acceptors (Lipinski definition) is 4. The van der Waals surface area contributed by atoms with Gasteiger partial charge in [0, 0.05) is 17.8 Å². The molecule has 0 saturated heterocycles. The van der Waals surface area contributed by atoms with E-state index in [1.165, 1.54) is 11.3 Å². The lowest BCUT2D eigenvalue weighted by atomic mass is 10.1. The van der Waals surface area contributed by atoms with Crippen molar-refractivity contribution in [3.63, 3.8) is 0 Å². The molecule has 0 saturated carbocycles. The minimum atomic E-state index is -0.206. The molecule has 1 aliphatic heterocycles. The van der Waals surface area contributed by atoms with Gasteiger partial charge in [0.05, 0.1) is 23.7 Å². The summed E-state index contributed by atoms with van der Waals surface area (Å²) in [5, 5.41) is 14.4. The first kappa shape index (κ1) is 12.7. The van der Waals surface area contributed by atoms with Crippen LogP contribution in [0.5, 0.6) is 0 Å². The van der Waals surface area contributed by atoms with Crippen LogP contribution in [-0.4, -0.2) is 46.2 Å². The van der Waals surface area contributed by atoms with Crippen molar-refractivity contribution in [1.82, 2.24) is 9.88 Å². The van der Waals surface area contributed by atoms with Crippen molar-refractivity contribution in [1.29, 1.82) is 5.41 Å². The van der Waals surface area contributed by atoms with Crippen molar-refractivity contribution in [2.75, 3.05) is 13.1 Å². The lowest BCUT2D eigenvalue weighted by Crippen LogP contribution is -2.37.